The minimum Gasteiger partial charge on any atom is -0.465 e. The molecular weight excluding hydrogens is 737 g/mol. The van der Waals surface area contributed by atoms with Crippen LogP contribution in [0.1, 0.15) is 89.2 Å². The predicted molar refractivity (Wildman–Crippen MR) is 221 cm³/mol. The van der Waals surface area contributed by atoms with Gasteiger partial charge >= 0.3 is 12.2 Å². The fourth-order valence-electron chi connectivity index (χ4n) is 8.63. The number of imidazole rings is 2. The van der Waals surface area contributed by atoms with Crippen molar-refractivity contribution in [1.29, 1.82) is 0 Å². The second-order valence-corrected chi connectivity index (χ2v) is 16.8. The summed E-state index contributed by atoms with van der Waals surface area (Å²) >= 11 is 0. The average molecular weight is 789 g/mol. The van der Waals surface area contributed by atoms with Gasteiger partial charge in [-0.1, -0.05) is 65.5 Å². The summed E-state index contributed by atoms with van der Waals surface area (Å²) < 4.78 is 4.79. The van der Waals surface area contributed by atoms with Gasteiger partial charge in [0.15, 0.2) is 0 Å². The molecule has 58 heavy (non-hydrogen) atoms. The van der Waals surface area contributed by atoms with Gasteiger partial charge in [0.05, 0.1) is 41.3 Å². The molecule has 5 aromatic rings. The molecular formula is C44H52N8O6. The number of hydrogen-bond acceptors (Lipinski definition) is 7. The van der Waals surface area contributed by atoms with E-state index < -0.39 is 24.3 Å². The fraction of sp³-hybridized carbons (Fsp3) is 0.455. The van der Waals surface area contributed by atoms with Crippen LogP contribution in [-0.2, 0) is 14.3 Å². The molecule has 2 fully saturated rings. The van der Waals surface area contributed by atoms with Crippen LogP contribution in [0.15, 0.2) is 48.5 Å². The zero-order chi connectivity index (χ0) is 41.6. The topological polar surface area (TPSA) is 177 Å². The number of nitrogens with zero attached hydrogens (tertiary/aromatic N) is 5. The summed E-state index contributed by atoms with van der Waals surface area (Å²) in [6.45, 7) is 12.8. The van der Waals surface area contributed by atoms with Crippen LogP contribution in [-0.4, -0.2) is 103 Å². The molecule has 2 saturated heterocycles. The fourth-order valence-corrected chi connectivity index (χ4v) is 8.63. The van der Waals surface area contributed by atoms with E-state index in [2.05, 4.69) is 41.0 Å². The number of aromatic amines is 2. The number of fused-ring (bicyclic) bond motifs is 4. The van der Waals surface area contributed by atoms with E-state index in [0.717, 1.165) is 61.7 Å². The SMILES string of the molecule is COC(=O)N[C@H](C(=O)N1C[C@@H](C)C[C@H]1c1nc2ccc3cc(C#Cc4ccc5[nH]c([C@@H]6C[C@H](C)CN6C(=O)[C@H](C(C)C)N(C)C(=O)O)nc5c4)ccc3c2[nH]1)C(C)C. The van der Waals surface area contributed by atoms with E-state index in [4.69, 9.17) is 14.7 Å². The van der Waals surface area contributed by atoms with Crippen molar-refractivity contribution < 1.29 is 29.0 Å². The van der Waals surface area contributed by atoms with E-state index in [1.165, 1.54) is 14.2 Å². The Kier molecular flexibility index (Phi) is 11.1. The Morgan fingerprint density at radius 2 is 1.43 bits per heavy atom. The zero-order valence-electron chi connectivity index (χ0n) is 34.3. The molecule has 0 radical (unpaired) electrons. The molecule has 6 atom stereocenters. The molecule has 7 rings (SSSR count). The third kappa shape index (κ3) is 7.77. The molecule has 4 amide bonds. The van der Waals surface area contributed by atoms with Crippen LogP contribution < -0.4 is 5.32 Å². The van der Waals surface area contributed by atoms with E-state index in [0.29, 0.717) is 24.7 Å². The number of benzene rings is 3. The first-order chi connectivity index (χ1) is 27.6. The Balaban J connectivity index is 1.11. The van der Waals surface area contributed by atoms with Crippen molar-refractivity contribution in [2.24, 2.45) is 23.7 Å². The van der Waals surface area contributed by atoms with Crippen LogP contribution in [0.5, 0.6) is 0 Å². The van der Waals surface area contributed by atoms with Crippen molar-refractivity contribution in [2.45, 2.75) is 78.6 Å². The standard InChI is InChI=1S/C44H52N8O6/c1-23(2)36(49-43(55)58-8)41(53)51-21-25(5)18-35(51)40-46-32-16-13-29-19-27(11-14-30(29)37(32)48-40)9-10-28-12-15-31-33(20-28)47-39(45-31)34-17-26(6)22-52(34)42(54)38(24(3)4)50(7)44(56)57/h11-16,19-20,23-26,34-36,38H,17-18,21-22H2,1-8H3,(H,45,47)(H,46,48)(H,49,55)(H,56,57)/t25-,26-,34-,35-,36-,38-/m0/s1. The molecule has 304 valence electrons. The van der Waals surface area contributed by atoms with Crippen molar-refractivity contribution in [3.63, 3.8) is 0 Å². The number of hydrogen-bond donors (Lipinski definition) is 4. The molecule has 0 saturated carbocycles. The summed E-state index contributed by atoms with van der Waals surface area (Å²) in [7, 11) is 2.74. The highest BCUT2D eigenvalue weighted by Gasteiger charge is 2.42. The maximum Gasteiger partial charge on any atom is 0.407 e. The lowest BCUT2D eigenvalue weighted by molar-refractivity contribution is -0.138. The third-order valence-electron chi connectivity index (χ3n) is 11.6. The number of likely N-dealkylation sites (tertiary alicyclic amines) is 2. The smallest absolute Gasteiger partial charge is 0.407 e. The van der Waals surface area contributed by atoms with Crippen LogP contribution in [0.3, 0.4) is 0 Å². The van der Waals surface area contributed by atoms with E-state index in [1.54, 1.807) is 4.90 Å². The van der Waals surface area contributed by atoms with Crippen molar-refractivity contribution >= 4 is 56.8 Å². The van der Waals surface area contributed by atoms with E-state index in [9.17, 15) is 24.3 Å². The molecule has 14 heteroatoms. The molecule has 4 heterocycles. The summed E-state index contributed by atoms with van der Waals surface area (Å²) in [6, 6.07) is 13.8. The van der Waals surface area contributed by atoms with Crippen molar-refractivity contribution in [3.8, 4) is 11.8 Å². The Labute approximate surface area is 337 Å². The number of H-pyrrole nitrogens is 2. The highest BCUT2D eigenvalue weighted by atomic mass is 16.5. The van der Waals surface area contributed by atoms with Gasteiger partial charge in [-0.15, -0.1) is 0 Å². The van der Waals surface area contributed by atoms with Crippen LogP contribution >= 0.6 is 0 Å². The molecule has 2 aliphatic heterocycles. The molecule has 3 aromatic carbocycles. The Bertz CT molecular complexity index is 2460. The zero-order valence-corrected chi connectivity index (χ0v) is 34.3. The normalized spacial score (nSPS) is 20.4. The monoisotopic (exact) mass is 788 g/mol. The largest absolute Gasteiger partial charge is 0.465 e. The van der Waals surface area contributed by atoms with Gasteiger partial charge in [0.25, 0.3) is 0 Å². The summed E-state index contributed by atoms with van der Waals surface area (Å²) in [5, 5.41) is 14.4. The van der Waals surface area contributed by atoms with Gasteiger partial charge in [-0.2, -0.15) is 0 Å². The maximum atomic E-state index is 13.8. The summed E-state index contributed by atoms with van der Waals surface area (Å²) in [5.74, 6) is 7.80. The average Bonchev–Trinajstić information content (AvgIpc) is 3.99. The van der Waals surface area contributed by atoms with Crippen molar-refractivity contribution in [1.82, 2.24) is 40.0 Å². The van der Waals surface area contributed by atoms with Gasteiger partial charge in [-0.25, -0.2) is 19.6 Å². The Hall–Kier alpha value is -6.10. The predicted octanol–water partition coefficient (Wildman–Crippen LogP) is 6.83. The molecule has 0 spiro atoms. The number of ether oxygens (including phenoxy) is 1. The number of nitrogens with one attached hydrogen (secondary N) is 3. The molecule has 0 aliphatic carbocycles. The quantitative estimate of drug-likeness (QED) is 0.124. The van der Waals surface area contributed by atoms with E-state index in [-0.39, 0.29) is 47.6 Å². The number of methoxy groups -OCH3 is 1. The lowest BCUT2D eigenvalue weighted by Crippen LogP contribution is -2.51. The summed E-state index contributed by atoms with van der Waals surface area (Å²) in [6.07, 6.45) is -0.293. The van der Waals surface area contributed by atoms with Crippen molar-refractivity contribution in [3.05, 3.63) is 71.3 Å². The minimum atomic E-state index is -1.13. The van der Waals surface area contributed by atoms with E-state index >= 15 is 0 Å². The molecule has 4 N–H and O–H groups in total. The van der Waals surface area contributed by atoms with Gasteiger partial charge in [-0.05, 0) is 78.3 Å². The first kappa shape index (κ1) is 40.1. The lowest BCUT2D eigenvalue weighted by atomic mass is 10.0. The number of rotatable bonds is 8. The number of carbonyl (C=O) groups excluding carboxylic acids is 3. The summed E-state index contributed by atoms with van der Waals surface area (Å²) in [5.41, 5.74) is 4.90. The Morgan fingerprint density at radius 1 is 0.828 bits per heavy atom. The van der Waals surface area contributed by atoms with Gasteiger partial charge in [0, 0.05) is 36.7 Å². The second kappa shape index (κ2) is 16.0. The number of amides is 4. The highest BCUT2D eigenvalue weighted by molar-refractivity contribution is 6.04. The van der Waals surface area contributed by atoms with Gasteiger partial charge in [0.1, 0.15) is 23.7 Å². The number of alkyl carbamates (subject to hydrolysis) is 1. The molecule has 0 unspecified atom stereocenters. The third-order valence-corrected chi connectivity index (χ3v) is 11.6. The first-order valence-corrected chi connectivity index (χ1v) is 20.0. The maximum absolute atomic E-state index is 13.8. The van der Waals surface area contributed by atoms with Crippen LogP contribution in [0.25, 0.3) is 32.8 Å². The molecule has 14 nitrogen and oxygen atoms in total. The molecule has 0 bridgehead atoms. The number of aromatic nitrogens is 4. The number of carbonyl (C=O) groups is 4. The molecule has 2 aromatic heterocycles. The highest BCUT2D eigenvalue weighted by Crippen LogP contribution is 2.38. The lowest BCUT2D eigenvalue weighted by Gasteiger charge is -2.33. The minimum absolute atomic E-state index is 0.128. The van der Waals surface area contributed by atoms with Crippen LogP contribution in [0.2, 0.25) is 0 Å². The van der Waals surface area contributed by atoms with Gasteiger partial charge < -0.3 is 34.9 Å². The number of carboxylic acid groups (broad SMARTS) is 1. The Morgan fingerprint density at radius 3 is 2.05 bits per heavy atom. The van der Waals surface area contributed by atoms with E-state index in [1.807, 2.05) is 81.1 Å². The summed E-state index contributed by atoms with van der Waals surface area (Å²) in [4.78, 5) is 73.0. The van der Waals surface area contributed by atoms with Crippen molar-refractivity contribution in [2.75, 3.05) is 27.2 Å². The van der Waals surface area contributed by atoms with Gasteiger partial charge in [0.2, 0.25) is 11.8 Å². The first-order valence-electron chi connectivity index (χ1n) is 20.0. The van der Waals surface area contributed by atoms with Crippen LogP contribution in [0, 0.1) is 35.5 Å². The second-order valence-electron chi connectivity index (χ2n) is 16.8. The van der Waals surface area contributed by atoms with Crippen LogP contribution in [0.4, 0.5) is 9.59 Å². The number of likely N-dealkylation sites (N-methyl/N-ethyl adjacent to an activating group) is 1. The van der Waals surface area contributed by atoms with Gasteiger partial charge in [-0.3, -0.25) is 14.5 Å². The molecule has 2 aliphatic rings.